The second-order valence-corrected chi connectivity index (χ2v) is 5.57. The Morgan fingerprint density at radius 3 is 2.82 bits per heavy atom. The molecule has 1 fully saturated rings. The zero-order valence-corrected chi connectivity index (χ0v) is 12.5. The average Bonchev–Trinajstić information content (AvgIpc) is 3.06. The number of nitrogens with zero attached hydrogens (tertiary/aromatic N) is 1. The highest BCUT2D eigenvalue weighted by Gasteiger charge is 2.23. The number of hydrogen-bond donors (Lipinski definition) is 2. The molecule has 0 atom stereocenters. The van der Waals surface area contributed by atoms with E-state index < -0.39 is 24.4 Å². The third-order valence-electron chi connectivity index (χ3n) is 3.04. The zero-order chi connectivity index (χ0) is 16.1. The van der Waals surface area contributed by atoms with Crippen LogP contribution >= 0.6 is 11.3 Å². The Kier molecular flexibility index (Phi) is 5.10. The molecule has 0 radical (unpaired) electrons. The van der Waals surface area contributed by atoms with Gasteiger partial charge in [0.05, 0.1) is 5.56 Å². The summed E-state index contributed by atoms with van der Waals surface area (Å²) in [4.78, 5) is 47.1. The molecule has 3 N–H and O–H groups in total. The van der Waals surface area contributed by atoms with E-state index in [2.05, 4.69) is 5.32 Å². The monoisotopic (exact) mass is 325 g/mol. The lowest BCUT2D eigenvalue weighted by Crippen LogP contribution is -2.33. The number of nitrogens with two attached hydrogens (primary N) is 1. The maximum Gasteiger partial charge on any atom is 0.326 e. The van der Waals surface area contributed by atoms with E-state index >= 15 is 0 Å². The highest BCUT2D eigenvalue weighted by molar-refractivity contribution is 7.14. The van der Waals surface area contributed by atoms with Crippen LogP contribution in [0.3, 0.4) is 0 Å². The van der Waals surface area contributed by atoms with Crippen LogP contribution < -0.4 is 11.1 Å². The van der Waals surface area contributed by atoms with Gasteiger partial charge in [-0.05, 0) is 17.9 Å². The minimum atomic E-state index is -0.652. The summed E-state index contributed by atoms with van der Waals surface area (Å²) >= 11 is 1.14. The minimum Gasteiger partial charge on any atom is -0.454 e. The molecule has 1 aromatic heterocycles. The van der Waals surface area contributed by atoms with Gasteiger partial charge in [-0.25, -0.2) is 0 Å². The van der Waals surface area contributed by atoms with Crippen LogP contribution in [0.25, 0.3) is 0 Å². The fourth-order valence-corrected chi connectivity index (χ4v) is 2.79. The van der Waals surface area contributed by atoms with Crippen molar-refractivity contribution in [2.75, 3.05) is 25.0 Å². The number of rotatable bonds is 6. The van der Waals surface area contributed by atoms with Crippen molar-refractivity contribution in [1.29, 1.82) is 0 Å². The van der Waals surface area contributed by atoms with E-state index in [0.29, 0.717) is 18.0 Å². The molecule has 2 rings (SSSR count). The quantitative estimate of drug-likeness (QED) is 0.711. The molecule has 0 aromatic carbocycles. The third kappa shape index (κ3) is 4.04. The molecule has 22 heavy (non-hydrogen) atoms. The molecule has 1 aliphatic rings. The van der Waals surface area contributed by atoms with Crippen LogP contribution in [-0.4, -0.2) is 48.3 Å². The SMILES string of the molecule is NC(=O)c1ccsc1NC(=O)COC(=O)CN1CCCC1=O. The van der Waals surface area contributed by atoms with E-state index in [4.69, 9.17) is 10.5 Å². The molecule has 0 aliphatic carbocycles. The Morgan fingerprint density at radius 2 is 2.18 bits per heavy atom. The van der Waals surface area contributed by atoms with Gasteiger partial charge in [-0.2, -0.15) is 0 Å². The van der Waals surface area contributed by atoms with Crippen LogP contribution in [0.1, 0.15) is 23.2 Å². The molecule has 0 spiro atoms. The Morgan fingerprint density at radius 1 is 1.41 bits per heavy atom. The van der Waals surface area contributed by atoms with Crippen LogP contribution in [0.4, 0.5) is 5.00 Å². The van der Waals surface area contributed by atoms with Crippen LogP contribution in [0.15, 0.2) is 11.4 Å². The number of hydrogen-bond acceptors (Lipinski definition) is 6. The van der Waals surface area contributed by atoms with Gasteiger partial charge in [-0.1, -0.05) is 0 Å². The van der Waals surface area contributed by atoms with Gasteiger partial charge in [0, 0.05) is 13.0 Å². The van der Waals surface area contributed by atoms with Crippen LogP contribution in [0.5, 0.6) is 0 Å². The lowest BCUT2D eigenvalue weighted by Gasteiger charge is -2.14. The summed E-state index contributed by atoms with van der Waals surface area (Å²) in [5, 5.41) is 4.37. The summed E-state index contributed by atoms with van der Waals surface area (Å²) in [5.41, 5.74) is 5.36. The third-order valence-corrected chi connectivity index (χ3v) is 3.87. The van der Waals surface area contributed by atoms with E-state index in [1.54, 1.807) is 5.38 Å². The summed E-state index contributed by atoms with van der Waals surface area (Å²) in [5.74, 6) is -1.97. The average molecular weight is 325 g/mol. The number of ether oxygens (including phenoxy) is 1. The first kappa shape index (κ1) is 16.0. The van der Waals surface area contributed by atoms with Crippen molar-refractivity contribution in [1.82, 2.24) is 4.90 Å². The number of esters is 1. The van der Waals surface area contributed by atoms with E-state index in [1.807, 2.05) is 0 Å². The molecule has 3 amide bonds. The smallest absolute Gasteiger partial charge is 0.326 e. The lowest BCUT2D eigenvalue weighted by atomic mass is 10.3. The number of nitrogens with one attached hydrogen (secondary N) is 1. The Balaban J connectivity index is 1.77. The number of likely N-dealkylation sites (tertiary alicyclic amines) is 1. The molecule has 1 aliphatic heterocycles. The fourth-order valence-electron chi connectivity index (χ4n) is 1.98. The Bertz CT molecular complexity index is 613. The van der Waals surface area contributed by atoms with Gasteiger partial charge >= 0.3 is 5.97 Å². The molecule has 2 heterocycles. The summed E-state index contributed by atoms with van der Waals surface area (Å²) in [6.07, 6.45) is 1.16. The minimum absolute atomic E-state index is 0.0916. The van der Waals surface area contributed by atoms with E-state index in [-0.39, 0.29) is 18.0 Å². The summed E-state index contributed by atoms with van der Waals surface area (Å²) in [6.45, 7) is -0.119. The molecule has 1 aromatic rings. The largest absolute Gasteiger partial charge is 0.454 e. The topological polar surface area (TPSA) is 119 Å². The summed E-state index contributed by atoms with van der Waals surface area (Å²) < 4.78 is 4.81. The Hall–Kier alpha value is -2.42. The first-order chi connectivity index (χ1) is 10.5. The van der Waals surface area contributed by atoms with Crippen molar-refractivity contribution in [3.05, 3.63) is 17.0 Å². The highest BCUT2D eigenvalue weighted by atomic mass is 32.1. The van der Waals surface area contributed by atoms with Crippen LogP contribution in [-0.2, 0) is 19.1 Å². The van der Waals surface area contributed by atoms with Crippen molar-refractivity contribution in [3.63, 3.8) is 0 Å². The number of amides is 3. The van der Waals surface area contributed by atoms with Gasteiger partial charge in [0.2, 0.25) is 5.91 Å². The van der Waals surface area contributed by atoms with Crippen molar-refractivity contribution in [3.8, 4) is 0 Å². The zero-order valence-electron chi connectivity index (χ0n) is 11.7. The second kappa shape index (κ2) is 7.03. The standard InChI is InChI=1S/C13H15N3O5S/c14-12(20)8-3-5-22-13(8)15-9(17)7-21-11(19)6-16-4-1-2-10(16)18/h3,5H,1-2,4,6-7H2,(H2,14,20)(H,15,17). The predicted molar refractivity (Wildman–Crippen MR) is 78.2 cm³/mol. The summed E-state index contributed by atoms with van der Waals surface area (Å²) in [7, 11) is 0. The molecule has 0 saturated carbocycles. The molecular formula is C13H15N3O5S. The number of carbonyl (C=O) groups excluding carboxylic acids is 4. The molecule has 0 bridgehead atoms. The molecule has 1 saturated heterocycles. The van der Waals surface area contributed by atoms with Crippen LogP contribution in [0.2, 0.25) is 0 Å². The van der Waals surface area contributed by atoms with Crippen molar-refractivity contribution in [2.45, 2.75) is 12.8 Å². The number of anilines is 1. The van der Waals surface area contributed by atoms with Crippen molar-refractivity contribution >= 4 is 40.0 Å². The van der Waals surface area contributed by atoms with E-state index in [1.165, 1.54) is 11.0 Å². The maximum absolute atomic E-state index is 11.7. The van der Waals surface area contributed by atoms with Crippen molar-refractivity contribution in [2.24, 2.45) is 5.73 Å². The molecule has 0 unspecified atom stereocenters. The van der Waals surface area contributed by atoms with Gasteiger partial charge in [-0.15, -0.1) is 11.3 Å². The predicted octanol–water partition coefficient (Wildman–Crippen LogP) is -0.0489. The van der Waals surface area contributed by atoms with Crippen LogP contribution in [0, 0.1) is 0 Å². The second-order valence-electron chi connectivity index (χ2n) is 4.66. The first-order valence-electron chi connectivity index (χ1n) is 6.58. The highest BCUT2D eigenvalue weighted by Crippen LogP contribution is 2.22. The fraction of sp³-hybridized carbons (Fsp3) is 0.385. The summed E-state index contributed by atoms with van der Waals surface area (Å²) in [6, 6.07) is 1.49. The van der Waals surface area contributed by atoms with E-state index in [0.717, 1.165) is 17.8 Å². The maximum atomic E-state index is 11.7. The van der Waals surface area contributed by atoms with Gasteiger partial charge in [0.1, 0.15) is 11.5 Å². The molecule has 8 nitrogen and oxygen atoms in total. The first-order valence-corrected chi connectivity index (χ1v) is 7.46. The van der Waals surface area contributed by atoms with Gasteiger partial charge in [-0.3, -0.25) is 19.2 Å². The van der Waals surface area contributed by atoms with Gasteiger partial charge in [0.25, 0.3) is 11.8 Å². The molecular weight excluding hydrogens is 310 g/mol. The number of primary amides is 1. The molecule has 118 valence electrons. The number of thiophene rings is 1. The lowest BCUT2D eigenvalue weighted by molar-refractivity contribution is -0.150. The number of carbonyl (C=O) groups is 4. The van der Waals surface area contributed by atoms with Crippen molar-refractivity contribution < 1.29 is 23.9 Å². The van der Waals surface area contributed by atoms with Gasteiger partial charge < -0.3 is 20.7 Å². The van der Waals surface area contributed by atoms with E-state index in [9.17, 15) is 19.2 Å². The normalized spacial score (nSPS) is 14.0. The molecule has 9 heteroatoms. The Labute approximate surface area is 130 Å². The van der Waals surface area contributed by atoms with Gasteiger partial charge in [0.15, 0.2) is 6.61 Å².